The summed E-state index contributed by atoms with van der Waals surface area (Å²) >= 11 is 0. The van der Waals surface area contributed by atoms with Gasteiger partial charge in [-0.25, -0.2) is 9.37 Å². The lowest BCUT2D eigenvalue weighted by Gasteiger charge is -2.28. The van der Waals surface area contributed by atoms with Gasteiger partial charge in [0.25, 0.3) is 5.91 Å². The van der Waals surface area contributed by atoms with Crippen molar-refractivity contribution in [2.45, 2.75) is 18.9 Å². The second kappa shape index (κ2) is 7.40. The average molecular weight is 329 g/mol. The third-order valence-electron chi connectivity index (χ3n) is 4.07. The van der Waals surface area contributed by atoms with E-state index in [4.69, 9.17) is 4.74 Å². The van der Waals surface area contributed by atoms with E-state index in [0.717, 1.165) is 25.9 Å². The molecule has 1 aliphatic rings. The number of aromatic nitrogens is 1. The first kappa shape index (κ1) is 16.4. The van der Waals surface area contributed by atoms with Crippen LogP contribution in [0.15, 0.2) is 42.6 Å². The molecule has 5 nitrogen and oxygen atoms in total. The second-order valence-corrected chi connectivity index (χ2v) is 5.94. The van der Waals surface area contributed by atoms with Gasteiger partial charge in [-0.15, -0.1) is 0 Å². The molecule has 1 saturated heterocycles. The van der Waals surface area contributed by atoms with Crippen molar-refractivity contribution in [3.63, 3.8) is 0 Å². The number of amides is 1. The summed E-state index contributed by atoms with van der Waals surface area (Å²) in [6.07, 6.45) is 3.64. The standard InChI is InChI=1S/C18H20FN3O2/c1-22-10-8-14(9-11-22)24-17-7-6-13(12-20-17)21-18(23)15-4-2-3-5-16(15)19/h2-7,12,14H,8-11H2,1H3,(H,21,23). The number of nitrogens with zero attached hydrogens (tertiary/aromatic N) is 2. The van der Waals surface area contributed by atoms with Crippen molar-refractivity contribution in [1.82, 2.24) is 9.88 Å². The highest BCUT2D eigenvalue weighted by Crippen LogP contribution is 2.18. The molecule has 0 spiro atoms. The summed E-state index contributed by atoms with van der Waals surface area (Å²) < 4.78 is 19.5. The topological polar surface area (TPSA) is 54.5 Å². The first-order valence-electron chi connectivity index (χ1n) is 7.99. The minimum atomic E-state index is -0.551. The number of nitrogens with one attached hydrogen (secondary N) is 1. The number of piperidine rings is 1. The zero-order valence-electron chi connectivity index (χ0n) is 13.5. The van der Waals surface area contributed by atoms with Gasteiger partial charge in [-0.3, -0.25) is 4.79 Å². The molecule has 2 heterocycles. The molecule has 1 amide bonds. The molecule has 1 aromatic carbocycles. The zero-order chi connectivity index (χ0) is 16.9. The molecule has 1 aliphatic heterocycles. The number of hydrogen-bond acceptors (Lipinski definition) is 4. The summed E-state index contributed by atoms with van der Waals surface area (Å²) in [6, 6.07) is 9.28. The first-order chi connectivity index (χ1) is 11.6. The van der Waals surface area contributed by atoms with E-state index in [2.05, 4.69) is 22.2 Å². The van der Waals surface area contributed by atoms with E-state index < -0.39 is 11.7 Å². The summed E-state index contributed by atoms with van der Waals surface area (Å²) in [6.45, 7) is 2.03. The fourth-order valence-electron chi connectivity index (χ4n) is 2.64. The van der Waals surface area contributed by atoms with E-state index in [0.29, 0.717) is 11.6 Å². The van der Waals surface area contributed by atoms with E-state index in [1.807, 2.05) is 0 Å². The van der Waals surface area contributed by atoms with Gasteiger partial charge in [0, 0.05) is 19.2 Å². The minimum Gasteiger partial charge on any atom is -0.474 e. The Morgan fingerprint density at radius 2 is 2.00 bits per heavy atom. The van der Waals surface area contributed by atoms with Crippen LogP contribution >= 0.6 is 0 Å². The van der Waals surface area contributed by atoms with Gasteiger partial charge in [0.2, 0.25) is 5.88 Å². The van der Waals surface area contributed by atoms with Crippen LogP contribution in [-0.2, 0) is 0 Å². The smallest absolute Gasteiger partial charge is 0.258 e. The molecule has 1 aromatic heterocycles. The van der Waals surface area contributed by atoms with Crippen molar-refractivity contribution in [3.8, 4) is 5.88 Å². The quantitative estimate of drug-likeness (QED) is 0.937. The Balaban J connectivity index is 1.58. The molecule has 0 atom stereocenters. The maximum Gasteiger partial charge on any atom is 0.258 e. The number of halogens is 1. The Morgan fingerprint density at radius 3 is 2.67 bits per heavy atom. The summed E-state index contributed by atoms with van der Waals surface area (Å²) in [7, 11) is 2.10. The van der Waals surface area contributed by atoms with Gasteiger partial charge in [0.1, 0.15) is 11.9 Å². The van der Waals surface area contributed by atoms with E-state index in [1.54, 1.807) is 24.3 Å². The van der Waals surface area contributed by atoms with Gasteiger partial charge in [-0.1, -0.05) is 12.1 Å². The van der Waals surface area contributed by atoms with Gasteiger partial charge in [0.15, 0.2) is 0 Å². The van der Waals surface area contributed by atoms with Crippen molar-refractivity contribution in [2.24, 2.45) is 0 Å². The van der Waals surface area contributed by atoms with Crippen LogP contribution < -0.4 is 10.1 Å². The number of ether oxygens (including phenoxy) is 1. The Bertz CT molecular complexity index is 698. The summed E-state index contributed by atoms with van der Waals surface area (Å²) in [5, 5.41) is 2.63. The molecule has 2 aromatic rings. The van der Waals surface area contributed by atoms with Gasteiger partial charge < -0.3 is 15.0 Å². The van der Waals surface area contributed by atoms with Gasteiger partial charge >= 0.3 is 0 Å². The van der Waals surface area contributed by atoms with Crippen molar-refractivity contribution in [2.75, 3.05) is 25.5 Å². The predicted octanol–water partition coefficient (Wildman–Crippen LogP) is 2.95. The van der Waals surface area contributed by atoms with Crippen molar-refractivity contribution >= 4 is 11.6 Å². The molecule has 1 N–H and O–H groups in total. The highest BCUT2D eigenvalue weighted by molar-refractivity contribution is 6.04. The number of rotatable bonds is 4. The monoisotopic (exact) mass is 329 g/mol. The van der Waals surface area contributed by atoms with Crippen molar-refractivity contribution in [3.05, 3.63) is 54.0 Å². The molecule has 0 bridgehead atoms. The number of carbonyl (C=O) groups excluding carboxylic acids is 1. The van der Waals surface area contributed by atoms with E-state index in [1.165, 1.54) is 18.3 Å². The van der Waals surface area contributed by atoms with Crippen LogP contribution in [-0.4, -0.2) is 42.0 Å². The number of benzene rings is 1. The van der Waals surface area contributed by atoms with Crippen LogP contribution in [0.2, 0.25) is 0 Å². The zero-order valence-corrected chi connectivity index (χ0v) is 13.5. The van der Waals surface area contributed by atoms with E-state index in [-0.39, 0.29) is 11.7 Å². The highest BCUT2D eigenvalue weighted by Gasteiger charge is 2.18. The molecule has 0 saturated carbocycles. The van der Waals surface area contributed by atoms with E-state index >= 15 is 0 Å². The molecule has 0 radical (unpaired) electrons. The van der Waals surface area contributed by atoms with Crippen molar-refractivity contribution < 1.29 is 13.9 Å². The Morgan fingerprint density at radius 1 is 1.25 bits per heavy atom. The third kappa shape index (κ3) is 4.08. The normalized spacial score (nSPS) is 15.9. The largest absolute Gasteiger partial charge is 0.474 e. The summed E-state index contributed by atoms with van der Waals surface area (Å²) in [4.78, 5) is 18.5. The molecular formula is C18H20FN3O2. The number of anilines is 1. The number of pyridine rings is 1. The maximum atomic E-state index is 13.6. The number of hydrogen-bond donors (Lipinski definition) is 1. The molecule has 24 heavy (non-hydrogen) atoms. The molecule has 6 heteroatoms. The summed E-state index contributed by atoms with van der Waals surface area (Å²) in [5.41, 5.74) is 0.503. The van der Waals surface area contributed by atoms with Crippen LogP contribution in [0.25, 0.3) is 0 Å². The lowest BCUT2D eigenvalue weighted by molar-refractivity contribution is 0.102. The lowest BCUT2D eigenvalue weighted by Crippen LogP contribution is -2.35. The van der Waals surface area contributed by atoms with Crippen LogP contribution in [0, 0.1) is 5.82 Å². The summed E-state index contributed by atoms with van der Waals surface area (Å²) in [5.74, 6) is -0.516. The average Bonchev–Trinajstić information content (AvgIpc) is 2.59. The van der Waals surface area contributed by atoms with Crippen LogP contribution in [0.1, 0.15) is 23.2 Å². The molecule has 0 aliphatic carbocycles. The SMILES string of the molecule is CN1CCC(Oc2ccc(NC(=O)c3ccccc3F)cn2)CC1. The van der Waals surface area contributed by atoms with Crippen LogP contribution in [0.5, 0.6) is 5.88 Å². The predicted molar refractivity (Wildman–Crippen MR) is 89.7 cm³/mol. The van der Waals surface area contributed by atoms with E-state index in [9.17, 15) is 9.18 Å². The number of likely N-dealkylation sites (tertiary alicyclic amines) is 1. The van der Waals surface area contributed by atoms with Gasteiger partial charge in [0.05, 0.1) is 17.4 Å². The van der Waals surface area contributed by atoms with Crippen LogP contribution in [0.4, 0.5) is 10.1 Å². The maximum absolute atomic E-state index is 13.6. The minimum absolute atomic E-state index is 0.00384. The Labute approximate surface area is 140 Å². The van der Waals surface area contributed by atoms with Crippen LogP contribution in [0.3, 0.4) is 0 Å². The molecule has 1 fully saturated rings. The molecule has 0 unspecified atom stereocenters. The fraction of sp³-hybridized carbons (Fsp3) is 0.333. The number of carbonyl (C=O) groups is 1. The molecule has 3 rings (SSSR count). The van der Waals surface area contributed by atoms with Gasteiger partial charge in [-0.05, 0) is 38.1 Å². The Hall–Kier alpha value is -2.47. The highest BCUT2D eigenvalue weighted by atomic mass is 19.1. The Kier molecular flexibility index (Phi) is 5.05. The first-order valence-corrected chi connectivity index (χ1v) is 7.99. The van der Waals surface area contributed by atoms with Crippen molar-refractivity contribution in [1.29, 1.82) is 0 Å². The third-order valence-corrected chi connectivity index (χ3v) is 4.07. The molecule has 126 valence electrons. The molecular weight excluding hydrogens is 309 g/mol. The fourth-order valence-corrected chi connectivity index (χ4v) is 2.64. The van der Waals surface area contributed by atoms with Gasteiger partial charge in [-0.2, -0.15) is 0 Å². The second-order valence-electron chi connectivity index (χ2n) is 5.94. The lowest BCUT2D eigenvalue weighted by atomic mass is 10.1.